The van der Waals surface area contributed by atoms with Gasteiger partial charge in [0.15, 0.2) is 0 Å². The second kappa shape index (κ2) is 23.9. The summed E-state index contributed by atoms with van der Waals surface area (Å²) in [6.07, 6.45) is 0. The quantitative estimate of drug-likeness (QED) is 0.299. The minimum Gasteiger partial charge on any atom is -0.512 e. The predicted molar refractivity (Wildman–Crippen MR) is 15.7 cm³/mol. The molecular weight excluding hydrogens is 80.1 g/mol. The molecule has 0 saturated heterocycles. The largest absolute Gasteiger partial charge is 0.512 e. The van der Waals surface area contributed by atoms with Crippen LogP contribution >= 0.6 is 0 Å². The summed E-state index contributed by atoms with van der Waals surface area (Å²) in [7, 11) is 0. The van der Waals surface area contributed by atoms with Crippen LogP contribution in [0.15, 0.2) is 0 Å². The van der Waals surface area contributed by atoms with Crippen molar-refractivity contribution in [3.05, 3.63) is 13.1 Å². The summed E-state index contributed by atoms with van der Waals surface area (Å²) in [5.41, 5.74) is 0. The molecule has 0 aromatic rings. The van der Waals surface area contributed by atoms with E-state index in [2.05, 4.69) is 0 Å². The smallest absolute Gasteiger partial charge is 0 e. The highest BCUT2D eigenvalue weighted by Crippen LogP contribution is 0.628. The van der Waals surface area contributed by atoms with Crippen molar-refractivity contribution in [3.63, 3.8) is 0 Å². The molecule has 0 fully saturated rings. The molecule has 24 valence electrons. The lowest BCUT2D eigenvalue weighted by Crippen LogP contribution is -0.530. The van der Waals surface area contributed by atoms with Crippen LogP contribution in [-0.4, -0.2) is 11.0 Å². The van der Waals surface area contributed by atoms with Gasteiger partial charge < -0.3 is 23.7 Å². The van der Waals surface area contributed by atoms with Crippen LogP contribution in [0.3, 0.4) is 0 Å². The predicted octanol–water partition coefficient (Wildman–Crippen LogP) is -0.188. The molecule has 2 nitrogen and oxygen atoms in total. The van der Waals surface area contributed by atoms with Crippen molar-refractivity contribution in [2.24, 2.45) is 0 Å². The lowest BCUT2D eigenvalue weighted by atomic mass is 11.9. The Morgan fingerprint density at radius 1 is 0.800 bits per heavy atom. The summed E-state index contributed by atoms with van der Waals surface area (Å²) in [4.78, 5) is 0. The highest BCUT2D eigenvalue weighted by Gasteiger charge is 0.0795. The summed E-state index contributed by atoms with van der Waals surface area (Å²) < 4.78 is 0. The maximum absolute atomic E-state index is 6.25. The third kappa shape index (κ3) is 7.10. The van der Waals surface area contributed by atoms with Crippen molar-refractivity contribution >= 4 is 11.0 Å². The number of rotatable bonds is 0. The van der Waals surface area contributed by atoms with Gasteiger partial charge in [0.05, 0.1) is 0 Å². The molecule has 4 radical (unpaired) electrons. The van der Waals surface area contributed by atoms with Gasteiger partial charge in [-0.05, 0) is 0 Å². The molecule has 0 aromatic carbocycles. The number of hydrogen-bond acceptors (Lipinski definition) is 2. The van der Waals surface area contributed by atoms with Crippen molar-refractivity contribution in [2.75, 3.05) is 0 Å². The molecule has 0 saturated carbocycles. The van der Waals surface area contributed by atoms with Crippen LogP contribution in [0.4, 0.5) is 0 Å². The second-order valence-corrected chi connectivity index (χ2v) is 0. The first-order valence-electron chi connectivity index (χ1n) is 0.447. The molecule has 0 aromatic heterocycles. The van der Waals surface area contributed by atoms with Gasteiger partial charge >= 0.3 is 0 Å². The molecule has 0 rings (SSSR count). The summed E-state index contributed by atoms with van der Waals surface area (Å²) in [6.45, 7) is 9.50. The van der Waals surface area contributed by atoms with Crippen LogP contribution in [0, 0.1) is 23.7 Å². The van der Waals surface area contributed by atoms with Crippen LogP contribution in [0.1, 0.15) is 0 Å². The molecular formula is C2N2Si-2. The first-order valence-corrected chi connectivity index (χ1v) is 0.447. The Hall–Kier alpha value is -0.803. The molecule has 0 unspecified atom stereocenters. The van der Waals surface area contributed by atoms with Gasteiger partial charge in [0.1, 0.15) is 0 Å². The van der Waals surface area contributed by atoms with E-state index < -0.39 is 0 Å². The van der Waals surface area contributed by atoms with E-state index in [0.29, 0.717) is 0 Å². The van der Waals surface area contributed by atoms with Gasteiger partial charge in [-0.1, -0.05) is 0 Å². The van der Waals surface area contributed by atoms with Crippen molar-refractivity contribution in [2.45, 2.75) is 0 Å². The van der Waals surface area contributed by atoms with Gasteiger partial charge in [-0.25, -0.2) is 0 Å². The minimum atomic E-state index is 0. The van der Waals surface area contributed by atoms with E-state index in [1.807, 2.05) is 0 Å². The van der Waals surface area contributed by atoms with Gasteiger partial charge in [0.25, 0.3) is 0 Å². The van der Waals surface area contributed by atoms with E-state index in [0.717, 1.165) is 0 Å². The average molecular weight is 80.1 g/mol. The fourth-order valence-electron chi connectivity index (χ4n) is 0. The molecule has 0 aliphatic heterocycles. The average Bonchev–Trinajstić information content (AvgIpc) is 1.50. The Morgan fingerprint density at radius 3 is 0.800 bits per heavy atom. The Bertz CT molecular complexity index is 23.1. The molecule has 0 atom stereocenters. The standard InChI is InChI=1S/2CN.Si/c2*1-2;/q2*-1;. The SMILES string of the molecule is [C-]#N.[C-]#N.[Si]. The molecule has 0 aliphatic carbocycles. The number of nitrogens with zero attached hydrogens (tertiary/aromatic N) is 2. The van der Waals surface area contributed by atoms with Gasteiger partial charge in [0, 0.05) is 11.0 Å². The van der Waals surface area contributed by atoms with E-state index >= 15 is 0 Å². The summed E-state index contributed by atoms with van der Waals surface area (Å²) in [6, 6.07) is 0. The fraction of sp³-hybridized carbons (Fsp3) is 0. The first-order chi connectivity index (χ1) is 2.00. The van der Waals surface area contributed by atoms with E-state index in [1.54, 1.807) is 0 Å². The van der Waals surface area contributed by atoms with E-state index in [1.165, 1.54) is 0 Å². The van der Waals surface area contributed by atoms with Crippen molar-refractivity contribution in [3.8, 4) is 0 Å². The molecule has 0 spiro atoms. The third-order valence-electron chi connectivity index (χ3n) is 0. The van der Waals surface area contributed by atoms with Crippen LogP contribution in [-0.2, 0) is 0 Å². The van der Waals surface area contributed by atoms with Gasteiger partial charge in [-0.3, -0.25) is 0 Å². The molecule has 5 heavy (non-hydrogen) atoms. The third-order valence-corrected chi connectivity index (χ3v) is 0. The lowest BCUT2D eigenvalue weighted by Gasteiger charge is -1.08. The lowest BCUT2D eigenvalue weighted by molar-refractivity contribution is 1.53. The Balaban J connectivity index is -0.0000000133. The molecule has 0 aliphatic rings. The van der Waals surface area contributed by atoms with Gasteiger partial charge in [0.2, 0.25) is 0 Å². The molecule has 0 heterocycles. The zero-order valence-electron chi connectivity index (χ0n) is 2.39. The normalized spacial score (nSPS) is 0.800. The molecule has 3 heteroatoms. The first kappa shape index (κ1) is 29.9. The van der Waals surface area contributed by atoms with Crippen LogP contribution in [0.25, 0.3) is 0 Å². The number of hydrogen-bond donors (Lipinski definition) is 0. The van der Waals surface area contributed by atoms with Crippen molar-refractivity contribution in [1.29, 1.82) is 10.5 Å². The van der Waals surface area contributed by atoms with E-state index in [9.17, 15) is 0 Å². The molecule has 0 N–H and O–H groups in total. The highest BCUT2D eigenvalue weighted by molar-refractivity contribution is 5.75. The minimum absolute atomic E-state index is 0. The summed E-state index contributed by atoms with van der Waals surface area (Å²) >= 11 is 0. The van der Waals surface area contributed by atoms with Crippen LogP contribution in [0.2, 0.25) is 0 Å². The van der Waals surface area contributed by atoms with Crippen molar-refractivity contribution < 1.29 is 0 Å². The van der Waals surface area contributed by atoms with Gasteiger partial charge in [-0.15, -0.1) is 0 Å². The van der Waals surface area contributed by atoms with Crippen LogP contribution < -0.4 is 0 Å². The fourth-order valence-corrected chi connectivity index (χ4v) is 0. The monoisotopic (exact) mass is 80.0 g/mol. The molecule has 0 bridgehead atoms. The van der Waals surface area contributed by atoms with Crippen LogP contribution in [0.5, 0.6) is 0 Å². The summed E-state index contributed by atoms with van der Waals surface area (Å²) in [5, 5.41) is 12.5. The van der Waals surface area contributed by atoms with Crippen molar-refractivity contribution in [1.82, 2.24) is 0 Å². The van der Waals surface area contributed by atoms with E-state index in [-0.39, 0.29) is 11.0 Å². The van der Waals surface area contributed by atoms with E-state index in [4.69, 9.17) is 23.7 Å². The zero-order valence-corrected chi connectivity index (χ0v) is 3.39. The second-order valence-electron chi connectivity index (χ2n) is 0. The van der Waals surface area contributed by atoms with Gasteiger partial charge in [-0.2, -0.15) is 0 Å². The topological polar surface area (TPSA) is 47.6 Å². The maximum atomic E-state index is 6.25. The zero-order chi connectivity index (χ0) is 4.00. The maximum Gasteiger partial charge on any atom is 0 e. The summed E-state index contributed by atoms with van der Waals surface area (Å²) in [5.74, 6) is 0. The Kier molecular flexibility index (Phi) is 143. The molecule has 0 amide bonds. The Labute approximate surface area is 35.7 Å². The highest BCUT2D eigenvalue weighted by atomic mass is 28.1. The Morgan fingerprint density at radius 2 is 0.800 bits per heavy atom.